The number of nitrogens with one attached hydrogen (secondary N) is 5. The number of halogens is 1. The van der Waals surface area contributed by atoms with Crippen molar-refractivity contribution in [1.82, 2.24) is 41.0 Å². The van der Waals surface area contributed by atoms with Gasteiger partial charge in [0.25, 0.3) is 17.4 Å². The summed E-state index contributed by atoms with van der Waals surface area (Å²) in [5, 5.41) is 23.8. The highest BCUT2D eigenvalue weighted by Gasteiger charge is 2.36. The van der Waals surface area contributed by atoms with E-state index in [1.54, 1.807) is 17.6 Å². The molecule has 0 spiro atoms. The fraction of sp³-hybridized carbons (Fsp3) is 0.464. The highest BCUT2D eigenvalue weighted by molar-refractivity contribution is 6.12. The van der Waals surface area contributed by atoms with Gasteiger partial charge in [-0.2, -0.15) is 0 Å². The summed E-state index contributed by atoms with van der Waals surface area (Å²) in [4.78, 5) is 111. The zero-order valence-corrected chi connectivity index (χ0v) is 45.2. The van der Waals surface area contributed by atoms with E-state index in [0.29, 0.717) is 73.6 Å². The topological polar surface area (TPSA) is 300 Å². The molecule has 5 heterocycles. The third kappa shape index (κ3) is 15.9. The van der Waals surface area contributed by atoms with Crippen molar-refractivity contribution in [2.24, 2.45) is 11.1 Å². The molecule has 0 fully saturated rings. The van der Waals surface area contributed by atoms with E-state index in [-0.39, 0.29) is 72.9 Å². The Morgan fingerprint density at radius 3 is 2.31 bits per heavy atom. The first-order chi connectivity index (χ1) is 37.4. The number of nitrogens with two attached hydrogens (primary N) is 1. The minimum atomic E-state index is -1.48. The van der Waals surface area contributed by atoms with Crippen LogP contribution in [0, 0.1) is 18.2 Å². The lowest BCUT2D eigenvalue weighted by atomic mass is 9.85. The largest absolute Gasteiger partial charge is 0.458 e. The fourth-order valence-electron chi connectivity index (χ4n) is 9.04. The van der Waals surface area contributed by atoms with Crippen molar-refractivity contribution in [3.63, 3.8) is 0 Å². The van der Waals surface area contributed by atoms with Crippen molar-refractivity contribution in [3.05, 3.63) is 110 Å². The number of aliphatic hydroxyl groups is 1. The molecule has 7 amide bonds. The van der Waals surface area contributed by atoms with Gasteiger partial charge in [0.05, 0.1) is 48.7 Å². The Labute approximate surface area is 452 Å². The molecule has 78 heavy (non-hydrogen) atoms. The van der Waals surface area contributed by atoms with Gasteiger partial charge in [-0.15, -0.1) is 0 Å². The maximum atomic E-state index is 14.5. The molecule has 1 aliphatic carbocycles. The molecule has 22 heteroatoms. The van der Waals surface area contributed by atoms with Crippen molar-refractivity contribution in [3.8, 4) is 11.4 Å². The maximum Gasteiger partial charge on any atom is 0.340 e. The second kappa shape index (κ2) is 29.2. The first kappa shape index (κ1) is 61.2. The molecule has 8 N–H and O–H groups in total. The Bertz CT molecular complexity index is 2930. The minimum Gasteiger partial charge on any atom is -0.458 e. The highest BCUT2D eigenvalue weighted by Crippen LogP contribution is 2.42. The van der Waals surface area contributed by atoms with Gasteiger partial charge in [-0.25, -0.2) is 14.2 Å². The number of pyridine rings is 2. The number of nitrogens with zero attached hydrogens (tertiary/aromatic N) is 3. The Kier molecular flexibility index (Phi) is 22.9. The van der Waals surface area contributed by atoms with Gasteiger partial charge in [-0.1, -0.05) is 64.4 Å². The highest BCUT2D eigenvalue weighted by atomic mass is 19.1. The molecule has 0 saturated heterocycles. The number of imide groups is 1. The van der Waals surface area contributed by atoms with Crippen LogP contribution in [0.25, 0.3) is 22.3 Å². The number of hydrogen-bond donors (Lipinski definition) is 7. The van der Waals surface area contributed by atoms with Gasteiger partial charge < -0.3 is 51.5 Å². The summed E-state index contributed by atoms with van der Waals surface area (Å²) in [5.41, 5.74) is 12.1. The first-order valence-corrected chi connectivity index (χ1v) is 26.3. The van der Waals surface area contributed by atoms with E-state index in [9.17, 15) is 52.6 Å². The summed E-state index contributed by atoms with van der Waals surface area (Å²) >= 11 is 0. The molecule has 3 aliphatic heterocycles. The minimum absolute atomic E-state index is 0.000319. The standard InChI is InChI=1S/C22H17FN2O4.C20H31N5O5.C12H18N2O3.C2H6/c1-9-10-3-2-4-11-13-7-25-17(19(13)24-16(18(10)11)6-15(9)23)5-12-14(21(25)27)8-29-22(28)20(12)26;1-20(2,11-21)12-30-14-24-17(27)10-23-19(29)16(25-18(28)9-22-13-26)8-15-6-4-3-5-7-15;1-2-13-10(15)6-4-3-5-9-14-11(16)7-8-12(14)17;1-2/h5-6,20,26H,2-4,7-8H2,1H3;3-7,13,16H,8-12,14,21H2,1-2H3,(H,22,26)(H,23,29)(H,24,27)(H,25,28);7-8H,2-6,9H2,1H3,(H,13,15);1-2H3. The van der Waals surface area contributed by atoms with Crippen molar-refractivity contribution in [1.29, 1.82) is 0 Å². The fourth-order valence-corrected chi connectivity index (χ4v) is 9.04. The number of cyclic esters (lactones) is 1. The van der Waals surface area contributed by atoms with Crippen LogP contribution in [0.4, 0.5) is 4.39 Å². The smallest absolute Gasteiger partial charge is 0.340 e. The van der Waals surface area contributed by atoms with Gasteiger partial charge in [0, 0.05) is 66.1 Å². The molecule has 21 nitrogen and oxygen atoms in total. The first-order valence-electron chi connectivity index (χ1n) is 26.3. The number of ether oxygens (including phenoxy) is 2. The number of aromatic nitrogens is 2. The third-order valence-corrected chi connectivity index (χ3v) is 13.2. The second-order valence-electron chi connectivity index (χ2n) is 19.4. The van der Waals surface area contributed by atoms with Crippen LogP contribution in [0.3, 0.4) is 0 Å². The molecule has 0 saturated carbocycles. The van der Waals surface area contributed by atoms with Crippen LogP contribution in [0.5, 0.6) is 0 Å². The normalized spacial score (nSPS) is 14.9. The third-order valence-electron chi connectivity index (χ3n) is 13.2. The molecule has 2 aromatic heterocycles. The van der Waals surface area contributed by atoms with Crippen LogP contribution in [-0.2, 0) is 80.2 Å². The summed E-state index contributed by atoms with van der Waals surface area (Å²) in [5.74, 6) is -2.91. The summed E-state index contributed by atoms with van der Waals surface area (Å²) in [6, 6.07) is 11.3. The summed E-state index contributed by atoms with van der Waals surface area (Å²) < 4.78 is 26.4. The number of carbonyl (C=O) groups is 8. The van der Waals surface area contributed by atoms with E-state index in [1.807, 2.05) is 65.0 Å². The number of fused-ring (bicyclic) bond motifs is 5. The van der Waals surface area contributed by atoms with Crippen molar-refractivity contribution >= 4 is 58.7 Å². The summed E-state index contributed by atoms with van der Waals surface area (Å²) in [6.45, 7) is 13.2. The summed E-state index contributed by atoms with van der Waals surface area (Å²) in [7, 11) is 0. The molecule has 2 unspecified atom stereocenters. The lowest BCUT2D eigenvalue weighted by Gasteiger charge is -2.22. The molecule has 2 aromatic carbocycles. The molecule has 2 atom stereocenters. The van der Waals surface area contributed by atoms with Gasteiger partial charge in [-0.3, -0.25) is 43.3 Å². The average molecular weight is 1080 g/mol. The monoisotopic (exact) mass is 1080 g/mol. The lowest BCUT2D eigenvalue weighted by Crippen LogP contribution is -2.51. The molecule has 0 bridgehead atoms. The molecule has 8 rings (SSSR count). The van der Waals surface area contributed by atoms with E-state index >= 15 is 0 Å². The summed E-state index contributed by atoms with van der Waals surface area (Å²) in [6.07, 6.45) is 7.21. The molecule has 0 radical (unpaired) electrons. The van der Waals surface area contributed by atoms with Crippen molar-refractivity contribution in [2.75, 3.05) is 46.1 Å². The van der Waals surface area contributed by atoms with Gasteiger partial charge in [-0.05, 0) is 80.8 Å². The molecule has 4 aromatic rings. The number of aryl methyl sites for hydroxylation is 2. The van der Waals surface area contributed by atoms with Gasteiger partial charge in [0.2, 0.25) is 30.0 Å². The van der Waals surface area contributed by atoms with Crippen LogP contribution in [0.15, 0.2) is 59.4 Å². The number of benzene rings is 2. The van der Waals surface area contributed by atoms with Crippen molar-refractivity contribution < 1.29 is 57.3 Å². The Morgan fingerprint density at radius 1 is 0.923 bits per heavy atom. The molecule has 4 aliphatic rings. The number of carbonyl (C=O) groups excluding carboxylic acids is 8. The van der Waals surface area contributed by atoms with E-state index in [4.69, 9.17) is 20.2 Å². The lowest BCUT2D eigenvalue weighted by molar-refractivity contribution is -0.157. The van der Waals surface area contributed by atoms with Crippen LogP contribution >= 0.6 is 0 Å². The number of esters is 1. The van der Waals surface area contributed by atoms with Crippen LogP contribution in [0.1, 0.15) is 112 Å². The van der Waals surface area contributed by atoms with Gasteiger partial charge >= 0.3 is 5.97 Å². The number of unbranched alkanes of at least 4 members (excludes halogenated alkanes) is 2. The van der Waals surface area contributed by atoms with E-state index < -0.39 is 35.8 Å². The Hall–Kier alpha value is -7.69. The van der Waals surface area contributed by atoms with Crippen molar-refractivity contribution in [2.45, 2.75) is 118 Å². The van der Waals surface area contributed by atoms with E-state index in [1.165, 1.54) is 23.1 Å². The molecular weight excluding hydrogens is 1010 g/mol. The number of aliphatic hydroxyl groups excluding tert-OH is 1. The molecular formula is C56H72FN9O12. The van der Waals surface area contributed by atoms with E-state index in [0.717, 1.165) is 66.2 Å². The van der Waals surface area contributed by atoms with Crippen LogP contribution in [0.2, 0.25) is 0 Å². The number of rotatable bonds is 21. The van der Waals surface area contributed by atoms with Crippen LogP contribution < -0.4 is 37.9 Å². The maximum absolute atomic E-state index is 14.5. The van der Waals surface area contributed by atoms with Crippen LogP contribution in [-0.4, -0.2) is 119 Å². The zero-order chi connectivity index (χ0) is 57.1. The van der Waals surface area contributed by atoms with Gasteiger partial charge in [0.15, 0.2) is 6.10 Å². The predicted octanol–water partition coefficient (Wildman–Crippen LogP) is 2.74. The van der Waals surface area contributed by atoms with Gasteiger partial charge in [0.1, 0.15) is 25.2 Å². The number of amides is 7. The Morgan fingerprint density at radius 2 is 1.63 bits per heavy atom. The van der Waals surface area contributed by atoms with E-state index in [2.05, 4.69) is 26.6 Å². The second-order valence-corrected chi connectivity index (χ2v) is 19.4. The molecule has 420 valence electrons. The quantitative estimate of drug-likeness (QED) is 0.0183. The SMILES string of the molecule is CC.CC(C)(CN)COCNC(=O)CNC(=O)C(Cc1ccccc1)NC(=O)CNC=O.CCNC(=O)CCCCCN1C(=O)C=CC1=O.Cc1c(F)cc2nc3c(c4c2c1CCC4)Cn1c-3cc2c(c1=O)COC(=O)C2O. The number of hydrogen-bond acceptors (Lipinski definition) is 14. The zero-order valence-electron chi connectivity index (χ0n) is 45.2. The predicted molar refractivity (Wildman–Crippen MR) is 287 cm³/mol. The average Bonchev–Trinajstić information content (AvgIpc) is 3.99. The Balaban J connectivity index is 0.000000220.